The van der Waals surface area contributed by atoms with Crippen LogP contribution in [0, 0.1) is 11.8 Å². The van der Waals surface area contributed by atoms with Gasteiger partial charge in [0.2, 0.25) is 17.4 Å². The van der Waals surface area contributed by atoms with Crippen molar-refractivity contribution >= 4 is 35.2 Å². The summed E-state index contributed by atoms with van der Waals surface area (Å²) >= 11 is 1.72. The molecule has 27 heavy (non-hydrogen) atoms. The molecule has 7 heteroatoms. The van der Waals surface area contributed by atoms with Crippen LogP contribution in [0.3, 0.4) is 0 Å². The van der Waals surface area contributed by atoms with Gasteiger partial charge in [0.25, 0.3) is 5.91 Å². The van der Waals surface area contributed by atoms with Crippen LogP contribution in [-0.4, -0.2) is 53.8 Å². The third kappa shape index (κ3) is 2.27. The minimum Gasteiger partial charge on any atom is -0.326 e. The Balaban J connectivity index is 1.88. The number of thioether (sulfide) groups is 1. The summed E-state index contributed by atoms with van der Waals surface area (Å²) in [5.74, 6) is -0.555. The predicted octanol–water partition coefficient (Wildman–Crippen LogP) is 0.567. The molecule has 4 rings (SSSR count). The quantitative estimate of drug-likeness (QED) is 0.765. The molecule has 0 radical (unpaired) electrons. The first-order valence-electron chi connectivity index (χ1n) is 9.45. The number of para-hydroxylation sites is 1. The zero-order valence-electron chi connectivity index (χ0n) is 16.1. The lowest BCUT2D eigenvalue weighted by atomic mass is 9.76. The molecule has 6 nitrogen and oxygen atoms in total. The molecule has 2 N–H and O–H groups in total. The molecule has 2 fully saturated rings. The number of carbonyl (C=O) groups excluding carboxylic acids is 3. The van der Waals surface area contributed by atoms with Gasteiger partial charge in [0.05, 0.1) is 5.69 Å². The Morgan fingerprint density at radius 3 is 2.56 bits per heavy atom. The van der Waals surface area contributed by atoms with Crippen LogP contribution in [0.5, 0.6) is 0 Å². The van der Waals surface area contributed by atoms with Gasteiger partial charge in [-0.15, -0.1) is 0 Å². The topological polar surface area (TPSA) is 74.3 Å². The van der Waals surface area contributed by atoms with Gasteiger partial charge in [-0.3, -0.25) is 19.3 Å². The first-order chi connectivity index (χ1) is 12.9. The van der Waals surface area contributed by atoms with Gasteiger partial charge in [-0.25, -0.2) is 0 Å². The second kappa shape index (κ2) is 6.34. The number of quaternary nitrogens is 1. The van der Waals surface area contributed by atoms with Crippen molar-refractivity contribution in [3.8, 4) is 0 Å². The van der Waals surface area contributed by atoms with Crippen LogP contribution < -0.4 is 10.2 Å². The number of fused-ring (bicyclic) bond motifs is 4. The molecule has 0 unspecified atom stereocenters. The van der Waals surface area contributed by atoms with Gasteiger partial charge in [-0.05, 0) is 31.9 Å². The number of imide groups is 1. The summed E-state index contributed by atoms with van der Waals surface area (Å²) in [4.78, 5) is 43.1. The fraction of sp³-hybridized carbons (Fsp3) is 0.550. The Morgan fingerprint density at radius 2 is 1.89 bits per heavy atom. The molecule has 0 aliphatic carbocycles. The van der Waals surface area contributed by atoms with Crippen LogP contribution in [0.2, 0.25) is 0 Å². The lowest BCUT2D eigenvalue weighted by molar-refractivity contribution is -0.733. The van der Waals surface area contributed by atoms with E-state index in [4.69, 9.17) is 0 Å². The number of benzene rings is 1. The SMILES string of the molecule is CSCC[C@H]1[NH2+][C@@]2(C(=O)N(C)c3ccccc32)[C@@H]2C(=O)N(C(C)C)C(=O)[C@@H]21. The maximum Gasteiger partial charge on any atom is 0.293 e. The number of carbonyl (C=O) groups is 3. The zero-order chi connectivity index (χ0) is 19.5. The van der Waals surface area contributed by atoms with E-state index >= 15 is 0 Å². The van der Waals surface area contributed by atoms with E-state index in [0.29, 0.717) is 0 Å². The number of likely N-dealkylation sites (N-methyl/N-ethyl adjacent to an activating group) is 1. The van der Waals surface area contributed by atoms with Crippen LogP contribution in [0.15, 0.2) is 24.3 Å². The van der Waals surface area contributed by atoms with E-state index < -0.39 is 17.4 Å². The highest BCUT2D eigenvalue weighted by molar-refractivity contribution is 7.98. The molecule has 3 amide bonds. The molecule has 3 heterocycles. The lowest BCUT2D eigenvalue weighted by Crippen LogP contribution is -2.99. The smallest absolute Gasteiger partial charge is 0.293 e. The Hall–Kier alpha value is -1.86. The highest BCUT2D eigenvalue weighted by Crippen LogP contribution is 2.51. The summed E-state index contributed by atoms with van der Waals surface area (Å²) in [7, 11) is 1.76. The van der Waals surface area contributed by atoms with E-state index in [1.165, 1.54) is 4.90 Å². The minimum absolute atomic E-state index is 0.0637. The van der Waals surface area contributed by atoms with Gasteiger partial charge < -0.3 is 10.2 Å². The standard InChI is InChI=1S/C20H25N3O3S/c1-11(2)23-17(24)15-13(9-10-27-4)21-20(16(15)18(23)25)12-7-5-6-8-14(12)22(3)19(20)26/h5-8,11,13,15-16,21H,9-10H2,1-4H3/p+1/t13-,15-,16+,20-/m1/s1. The average Bonchev–Trinajstić information content (AvgIpc) is 3.20. The second-order valence-electron chi connectivity index (χ2n) is 8.01. The van der Waals surface area contributed by atoms with Crippen molar-refractivity contribution in [1.82, 2.24) is 4.90 Å². The van der Waals surface area contributed by atoms with Crippen LogP contribution in [0.25, 0.3) is 0 Å². The van der Waals surface area contributed by atoms with Crippen LogP contribution in [-0.2, 0) is 19.9 Å². The lowest BCUT2D eigenvalue weighted by Gasteiger charge is -2.28. The van der Waals surface area contributed by atoms with Gasteiger partial charge in [0.15, 0.2) is 0 Å². The van der Waals surface area contributed by atoms with Crippen molar-refractivity contribution in [1.29, 1.82) is 0 Å². The van der Waals surface area contributed by atoms with Crippen molar-refractivity contribution in [2.45, 2.75) is 37.9 Å². The molecule has 1 aromatic carbocycles. The van der Waals surface area contributed by atoms with Crippen molar-refractivity contribution < 1.29 is 19.7 Å². The van der Waals surface area contributed by atoms with Gasteiger partial charge in [-0.2, -0.15) is 11.8 Å². The Labute approximate surface area is 163 Å². The Kier molecular flexibility index (Phi) is 4.35. The van der Waals surface area contributed by atoms with E-state index in [1.54, 1.807) is 23.7 Å². The number of nitrogens with zero attached hydrogens (tertiary/aromatic N) is 2. The van der Waals surface area contributed by atoms with Crippen molar-refractivity contribution in [2.24, 2.45) is 11.8 Å². The highest BCUT2D eigenvalue weighted by Gasteiger charge is 2.74. The van der Waals surface area contributed by atoms with Crippen molar-refractivity contribution in [3.63, 3.8) is 0 Å². The van der Waals surface area contributed by atoms with Gasteiger partial charge in [-0.1, -0.05) is 18.2 Å². The van der Waals surface area contributed by atoms with Crippen molar-refractivity contribution in [2.75, 3.05) is 24.0 Å². The largest absolute Gasteiger partial charge is 0.326 e. The van der Waals surface area contributed by atoms with Gasteiger partial charge in [0, 0.05) is 25.1 Å². The summed E-state index contributed by atoms with van der Waals surface area (Å²) in [6.45, 7) is 3.72. The normalized spacial score (nSPS) is 32.2. The molecule has 1 aromatic rings. The highest BCUT2D eigenvalue weighted by atomic mass is 32.2. The summed E-state index contributed by atoms with van der Waals surface area (Å²) in [5.41, 5.74) is 0.687. The molecule has 1 spiro atoms. The van der Waals surface area contributed by atoms with E-state index in [1.807, 2.05) is 49.7 Å². The molecular weight excluding hydrogens is 362 g/mol. The second-order valence-corrected chi connectivity index (χ2v) is 8.99. The van der Waals surface area contributed by atoms with Crippen molar-refractivity contribution in [3.05, 3.63) is 29.8 Å². The summed E-state index contributed by atoms with van der Waals surface area (Å²) in [5, 5.41) is 2.04. The summed E-state index contributed by atoms with van der Waals surface area (Å²) < 4.78 is 0. The fourth-order valence-electron chi connectivity index (χ4n) is 5.27. The average molecular weight is 389 g/mol. The molecule has 4 atom stereocenters. The maximum atomic E-state index is 13.5. The number of anilines is 1. The summed E-state index contributed by atoms with van der Waals surface area (Å²) in [6.07, 6.45) is 2.84. The number of rotatable bonds is 4. The van der Waals surface area contributed by atoms with Gasteiger partial charge >= 0.3 is 0 Å². The van der Waals surface area contributed by atoms with E-state index in [-0.39, 0.29) is 29.8 Å². The molecular formula is C20H26N3O3S+. The monoisotopic (exact) mass is 388 g/mol. The number of amides is 3. The molecule has 144 valence electrons. The van der Waals surface area contributed by atoms with E-state index in [9.17, 15) is 14.4 Å². The third-order valence-corrected chi connectivity index (χ3v) is 7.00. The van der Waals surface area contributed by atoms with E-state index in [0.717, 1.165) is 23.4 Å². The Morgan fingerprint density at radius 1 is 1.19 bits per heavy atom. The number of likely N-dealkylation sites (tertiary alicyclic amines) is 1. The third-order valence-electron chi connectivity index (χ3n) is 6.36. The van der Waals surface area contributed by atoms with Crippen LogP contribution in [0.4, 0.5) is 5.69 Å². The first kappa shape index (κ1) is 18.5. The molecule has 3 aliphatic heterocycles. The Bertz CT molecular complexity index is 826. The van der Waals surface area contributed by atoms with Gasteiger partial charge in [0.1, 0.15) is 17.9 Å². The van der Waals surface area contributed by atoms with Crippen LogP contribution >= 0.6 is 11.8 Å². The van der Waals surface area contributed by atoms with E-state index in [2.05, 4.69) is 0 Å². The number of hydrogen-bond donors (Lipinski definition) is 1. The predicted molar refractivity (Wildman–Crippen MR) is 104 cm³/mol. The first-order valence-corrected chi connectivity index (χ1v) is 10.8. The summed E-state index contributed by atoms with van der Waals surface area (Å²) in [6, 6.07) is 7.41. The molecule has 0 bridgehead atoms. The maximum absolute atomic E-state index is 13.5. The fourth-order valence-corrected chi connectivity index (χ4v) is 5.78. The van der Waals surface area contributed by atoms with Crippen LogP contribution in [0.1, 0.15) is 25.8 Å². The molecule has 0 saturated carbocycles. The zero-order valence-corrected chi connectivity index (χ0v) is 17.0. The molecule has 3 aliphatic rings. The number of hydrogen-bond acceptors (Lipinski definition) is 4. The molecule has 0 aromatic heterocycles. The minimum atomic E-state index is -1.02. The number of nitrogens with two attached hydrogens (primary N) is 1. The molecule has 2 saturated heterocycles.